The van der Waals surface area contributed by atoms with E-state index >= 15 is 0 Å². The van der Waals surface area contributed by atoms with Gasteiger partial charge in [-0.15, -0.1) is 31.5 Å². The van der Waals surface area contributed by atoms with Gasteiger partial charge in [0.25, 0.3) is 0 Å². The molecule has 0 aliphatic carbocycles. The Bertz CT molecular complexity index is 242. The van der Waals surface area contributed by atoms with Gasteiger partial charge in [-0.3, -0.25) is 4.79 Å². The van der Waals surface area contributed by atoms with Crippen molar-refractivity contribution in [3.05, 3.63) is 0 Å². The minimum absolute atomic E-state index is 0.0172. The number of hydrogen-bond donors (Lipinski definition) is 1. The van der Waals surface area contributed by atoms with E-state index in [9.17, 15) is 9.59 Å². The maximum Gasteiger partial charge on any atom is 0.349 e. The van der Waals surface area contributed by atoms with Gasteiger partial charge in [0.1, 0.15) is 12.7 Å². The third-order valence-corrected chi connectivity index (χ3v) is 2.01. The summed E-state index contributed by atoms with van der Waals surface area (Å²) in [5, 5.41) is 2.68. The van der Waals surface area contributed by atoms with Gasteiger partial charge in [0.15, 0.2) is 0 Å². The monoisotopic (exact) mass is 359 g/mol. The fraction of sp³-hybridized carbons (Fsp3) is 0.750. The van der Waals surface area contributed by atoms with Crippen LogP contribution in [0, 0.1) is 0 Å². The Hall–Kier alpha value is 0.125. The highest BCUT2D eigenvalue weighted by Crippen LogP contribution is 2.02. The van der Waals surface area contributed by atoms with Crippen LogP contribution in [0.1, 0.15) is 20.3 Å². The molecule has 0 bridgehead atoms. The van der Waals surface area contributed by atoms with E-state index in [1.165, 1.54) is 0 Å². The quantitative estimate of drug-likeness (QED) is 0.316. The first-order valence-corrected chi connectivity index (χ1v) is 6.83. The molecule has 0 aliphatic heterocycles. The lowest BCUT2D eigenvalue weighted by molar-refractivity contribution is -0.154. The summed E-state index contributed by atoms with van der Waals surface area (Å²) < 4.78 is 9.84. The second-order valence-electron chi connectivity index (χ2n) is 3.11. The van der Waals surface area contributed by atoms with Gasteiger partial charge in [-0.1, -0.05) is 0 Å². The third-order valence-electron chi connectivity index (χ3n) is 1.53. The van der Waals surface area contributed by atoms with Crippen molar-refractivity contribution in [2.75, 3.05) is 13.2 Å². The fourth-order valence-corrected chi connectivity index (χ4v) is 1.49. The Morgan fingerprint density at radius 3 is 2.69 bits per heavy atom. The van der Waals surface area contributed by atoms with Gasteiger partial charge < -0.3 is 14.7 Å². The van der Waals surface area contributed by atoms with Gasteiger partial charge in [0, 0.05) is 6.61 Å². The highest BCUT2D eigenvalue weighted by molar-refractivity contribution is 14.1. The second kappa shape index (κ2) is 9.19. The van der Waals surface area contributed by atoms with E-state index in [2.05, 4.69) is 36.7 Å². The van der Waals surface area contributed by atoms with Crippen molar-refractivity contribution in [2.45, 2.75) is 26.4 Å². The summed E-state index contributed by atoms with van der Waals surface area (Å²) in [5.41, 5.74) is 0. The van der Waals surface area contributed by atoms with Crippen molar-refractivity contribution >= 4 is 47.8 Å². The van der Waals surface area contributed by atoms with Crippen molar-refractivity contribution in [1.82, 2.24) is 5.23 Å². The van der Waals surface area contributed by atoms with Crippen LogP contribution in [0.4, 0.5) is 0 Å². The number of carbonyl (C=O) groups is 2. The normalized spacial score (nSPS) is 11.8. The van der Waals surface area contributed by atoms with Crippen LogP contribution in [0.15, 0.2) is 0 Å². The summed E-state index contributed by atoms with van der Waals surface area (Å²) in [4.78, 5) is 22.4. The van der Waals surface area contributed by atoms with E-state index in [0.717, 1.165) is 0 Å². The third kappa shape index (κ3) is 9.36. The van der Waals surface area contributed by atoms with E-state index in [1.807, 2.05) is 0 Å². The maximum absolute atomic E-state index is 11.3. The molecule has 0 saturated carbocycles. The summed E-state index contributed by atoms with van der Waals surface area (Å²) in [5.74, 6) is -0.592. The zero-order valence-electron chi connectivity index (χ0n) is 9.36. The first-order valence-electron chi connectivity index (χ1n) is 4.92. The number of amides is 1. The molecule has 0 spiro atoms. The first-order chi connectivity index (χ1) is 7.45. The number of carbonyl (C=O) groups excluding carboxylic acids is 2. The first kappa shape index (κ1) is 16.1. The second-order valence-corrected chi connectivity index (χ2v) is 6.48. The molecule has 1 amide bonds. The molecule has 5 nitrogen and oxygen atoms in total. The van der Waals surface area contributed by atoms with Gasteiger partial charge in [0.2, 0.25) is 5.91 Å². The molecule has 1 N–H and O–H groups in total. The standard InChI is InChI=1S/C8H16BINO4P/c1-3-14-5-8(13)15-6(2)4-7(12)11-9(10)16/h6H,3-5,16H2,1-2H3,(H,11,12). The topological polar surface area (TPSA) is 64.6 Å². The van der Waals surface area contributed by atoms with E-state index in [-0.39, 0.29) is 23.4 Å². The minimum atomic E-state index is -0.445. The Balaban J connectivity index is 3.76. The SMILES string of the molecule is CCOCC(=O)OC(C)CC(=O)NB(P)I. The number of ether oxygens (including phenoxy) is 2. The van der Waals surface area contributed by atoms with E-state index in [0.29, 0.717) is 6.61 Å². The summed E-state index contributed by atoms with van der Waals surface area (Å²) in [6.45, 7) is 3.87. The molecule has 8 heteroatoms. The molecular weight excluding hydrogens is 343 g/mol. The number of rotatable bonds is 7. The summed E-state index contributed by atoms with van der Waals surface area (Å²) in [7, 11) is 2.45. The molecule has 2 unspecified atom stereocenters. The molecule has 0 rings (SSSR count). The van der Waals surface area contributed by atoms with E-state index < -0.39 is 12.1 Å². The number of halogens is 1. The average molecular weight is 359 g/mol. The van der Waals surface area contributed by atoms with Crippen molar-refractivity contribution < 1.29 is 19.1 Å². The van der Waals surface area contributed by atoms with Crippen LogP contribution in [0.3, 0.4) is 0 Å². The molecule has 0 fully saturated rings. The molecular formula is C8H16BINO4P. The van der Waals surface area contributed by atoms with Crippen molar-refractivity contribution in [3.8, 4) is 0 Å². The highest BCUT2D eigenvalue weighted by Gasteiger charge is 2.15. The predicted octanol–water partition coefficient (Wildman–Crippen LogP) is 0.756. The highest BCUT2D eigenvalue weighted by atomic mass is 127. The zero-order valence-corrected chi connectivity index (χ0v) is 12.7. The molecule has 0 aromatic carbocycles. The van der Waals surface area contributed by atoms with Crippen LogP contribution in [0.5, 0.6) is 0 Å². The van der Waals surface area contributed by atoms with Crippen LogP contribution in [0.25, 0.3) is 0 Å². The van der Waals surface area contributed by atoms with Gasteiger partial charge in [-0.2, -0.15) is 0 Å². The van der Waals surface area contributed by atoms with Gasteiger partial charge in [-0.25, -0.2) is 4.79 Å². The molecule has 0 heterocycles. The molecule has 2 atom stereocenters. The number of hydrogen-bond acceptors (Lipinski definition) is 4. The largest absolute Gasteiger partial charge is 0.460 e. The van der Waals surface area contributed by atoms with Gasteiger partial charge >= 0.3 is 10.4 Å². The summed E-state index contributed by atoms with van der Waals surface area (Å²) in [6.07, 6.45) is -0.278. The van der Waals surface area contributed by atoms with Crippen LogP contribution >= 0.6 is 31.5 Å². The van der Waals surface area contributed by atoms with Crippen molar-refractivity contribution in [3.63, 3.8) is 0 Å². The molecule has 0 radical (unpaired) electrons. The smallest absolute Gasteiger partial charge is 0.349 e. The zero-order chi connectivity index (χ0) is 12.6. The lowest BCUT2D eigenvalue weighted by atomic mass is 10.2. The maximum atomic E-state index is 11.3. The molecule has 0 aliphatic rings. The molecule has 0 saturated heterocycles. The summed E-state index contributed by atoms with van der Waals surface area (Å²) in [6, 6.07) is 0. The van der Waals surface area contributed by atoms with Crippen LogP contribution in [-0.4, -0.2) is 35.6 Å². The Morgan fingerprint density at radius 2 is 2.19 bits per heavy atom. The average Bonchev–Trinajstić information content (AvgIpc) is 2.12. The molecule has 92 valence electrons. The van der Waals surface area contributed by atoms with E-state index in [4.69, 9.17) is 9.47 Å². The van der Waals surface area contributed by atoms with Crippen LogP contribution < -0.4 is 5.23 Å². The van der Waals surface area contributed by atoms with Gasteiger partial charge in [0.05, 0.1) is 6.42 Å². The van der Waals surface area contributed by atoms with Crippen LogP contribution in [0.2, 0.25) is 0 Å². The lowest BCUT2D eigenvalue weighted by Crippen LogP contribution is -2.33. The van der Waals surface area contributed by atoms with Crippen LogP contribution in [-0.2, 0) is 19.1 Å². The number of nitrogens with one attached hydrogen (secondary N) is 1. The van der Waals surface area contributed by atoms with Crippen molar-refractivity contribution in [1.29, 1.82) is 0 Å². The molecule has 0 aromatic rings. The van der Waals surface area contributed by atoms with Gasteiger partial charge in [-0.05, 0) is 13.8 Å². The Morgan fingerprint density at radius 1 is 1.56 bits per heavy atom. The Kier molecular flexibility index (Phi) is 9.26. The number of esters is 1. The minimum Gasteiger partial charge on any atom is -0.460 e. The molecule has 16 heavy (non-hydrogen) atoms. The fourth-order valence-electron chi connectivity index (χ4n) is 0.959. The predicted molar refractivity (Wildman–Crippen MR) is 74.3 cm³/mol. The lowest BCUT2D eigenvalue weighted by Gasteiger charge is -2.13. The Labute approximate surface area is 112 Å². The van der Waals surface area contributed by atoms with E-state index in [1.54, 1.807) is 13.8 Å². The molecule has 0 aromatic heterocycles. The van der Waals surface area contributed by atoms with Crippen molar-refractivity contribution in [2.24, 2.45) is 0 Å². The summed E-state index contributed by atoms with van der Waals surface area (Å²) >= 11 is 2.05.